The number of hydrogen-bond acceptors (Lipinski definition) is 4. The van der Waals surface area contributed by atoms with Crippen molar-refractivity contribution in [3.05, 3.63) is 0 Å². The lowest BCUT2D eigenvalue weighted by Crippen LogP contribution is -2.54. The van der Waals surface area contributed by atoms with Crippen LogP contribution in [0.5, 0.6) is 0 Å². The number of ether oxygens (including phenoxy) is 1. The van der Waals surface area contributed by atoms with E-state index in [0.717, 1.165) is 12.8 Å². The third-order valence-corrected chi connectivity index (χ3v) is 4.21. The predicted octanol–water partition coefficient (Wildman–Crippen LogP) is 0.198. The molecule has 0 radical (unpaired) electrons. The van der Waals surface area contributed by atoms with Crippen molar-refractivity contribution in [1.82, 2.24) is 10.2 Å². The van der Waals surface area contributed by atoms with Crippen LogP contribution in [0.1, 0.15) is 26.7 Å². The molecule has 1 aliphatic rings. The summed E-state index contributed by atoms with van der Waals surface area (Å²) < 4.78 is 5.32. The van der Waals surface area contributed by atoms with Crippen molar-refractivity contribution in [1.29, 1.82) is 0 Å². The first-order chi connectivity index (χ1) is 8.34. The number of likely N-dealkylation sites (N-methyl/N-ethyl adjacent to an activating group) is 1. The Kier molecular flexibility index (Phi) is 5.13. The molecule has 0 aliphatic carbocycles. The largest absolute Gasteiger partial charge is 0.381 e. The van der Waals surface area contributed by atoms with Gasteiger partial charge in [-0.3, -0.25) is 4.79 Å². The Morgan fingerprint density at radius 2 is 1.94 bits per heavy atom. The molecule has 0 bridgehead atoms. The lowest BCUT2D eigenvalue weighted by molar-refractivity contribution is -0.136. The molecule has 5 heteroatoms. The number of nitrogens with zero attached hydrogens (tertiary/aromatic N) is 1. The van der Waals surface area contributed by atoms with Gasteiger partial charge in [-0.1, -0.05) is 0 Å². The van der Waals surface area contributed by atoms with Crippen LogP contribution in [-0.2, 0) is 9.53 Å². The summed E-state index contributed by atoms with van der Waals surface area (Å²) in [6.07, 6.45) is 1.44. The first-order valence-corrected chi connectivity index (χ1v) is 6.58. The number of hydrogen-bond donors (Lipinski definition) is 2. The molecule has 0 spiro atoms. The molecule has 0 unspecified atom stereocenters. The van der Waals surface area contributed by atoms with Gasteiger partial charge in [0.05, 0.1) is 5.41 Å². The van der Waals surface area contributed by atoms with Crippen LogP contribution in [0.3, 0.4) is 0 Å². The summed E-state index contributed by atoms with van der Waals surface area (Å²) in [6, 6.07) is 0. The van der Waals surface area contributed by atoms with Crippen molar-refractivity contribution in [2.75, 3.05) is 40.4 Å². The van der Waals surface area contributed by atoms with E-state index < -0.39 is 5.41 Å². The Morgan fingerprint density at radius 1 is 1.39 bits per heavy atom. The van der Waals surface area contributed by atoms with Gasteiger partial charge < -0.3 is 20.7 Å². The van der Waals surface area contributed by atoms with Gasteiger partial charge in [0.25, 0.3) is 0 Å². The third-order valence-electron chi connectivity index (χ3n) is 4.21. The molecule has 0 saturated carbocycles. The van der Waals surface area contributed by atoms with Gasteiger partial charge in [0.2, 0.25) is 5.91 Å². The summed E-state index contributed by atoms with van der Waals surface area (Å²) in [5, 5.41) is 3.05. The highest BCUT2D eigenvalue weighted by atomic mass is 16.5. The van der Waals surface area contributed by atoms with Crippen molar-refractivity contribution < 1.29 is 9.53 Å². The summed E-state index contributed by atoms with van der Waals surface area (Å²) in [5.74, 6) is 0.0724. The molecule has 1 heterocycles. The lowest BCUT2D eigenvalue weighted by Gasteiger charge is -2.37. The fraction of sp³-hybridized carbons (Fsp3) is 0.923. The molecule has 1 aliphatic heterocycles. The third kappa shape index (κ3) is 3.43. The van der Waals surface area contributed by atoms with E-state index >= 15 is 0 Å². The molecule has 1 saturated heterocycles. The highest BCUT2D eigenvalue weighted by molar-refractivity contribution is 5.83. The van der Waals surface area contributed by atoms with Gasteiger partial charge in [-0.25, -0.2) is 0 Å². The Morgan fingerprint density at radius 3 is 2.39 bits per heavy atom. The number of nitrogens with one attached hydrogen (secondary N) is 1. The zero-order chi connectivity index (χ0) is 13.8. The predicted molar refractivity (Wildman–Crippen MR) is 72.3 cm³/mol. The molecule has 1 rings (SSSR count). The van der Waals surface area contributed by atoms with Gasteiger partial charge in [-0.2, -0.15) is 0 Å². The van der Waals surface area contributed by atoms with E-state index in [1.807, 2.05) is 14.1 Å². The molecule has 5 nitrogen and oxygen atoms in total. The molecule has 18 heavy (non-hydrogen) atoms. The van der Waals surface area contributed by atoms with Crippen LogP contribution in [0.25, 0.3) is 0 Å². The highest BCUT2D eigenvalue weighted by Crippen LogP contribution is 2.29. The molecular formula is C13H27N3O2. The summed E-state index contributed by atoms with van der Waals surface area (Å²) in [6.45, 7) is 6.48. The first kappa shape index (κ1) is 15.4. The van der Waals surface area contributed by atoms with Crippen LogP contribution < -0.4 is 11.1 Å². The van der Waals surface area contributed by atoms with Crippen molar-refractivity contribution in [2.24, 2.45) is 11.1 Å². The van der Waals surface area contributed by atoms with E-state index in [2.05, 4.69) is 24.1 Å². The second-order valence-electron chi connectivity index (χ2n) is 5.99. The van der Waals surface area contributed by atoms with Gasteiger partial charge in [-0.15, -0.1) is 0 Å². The highest BCUT2D eigenvalue weighted by Gasteiger charge is 2.39. The fourth-order valence-electron chi connectivity index (χ4n) is 1.93. The number of carbonyl (C=O) groups is 1. The summed E-state index contributed by atoms with van der Waals surface area (Å²) in [5.41, 5.74) is 5.32. The Bertz CT molecular complexity index is 284. The van der Waals surface area contributed by atoms with Crippen molar-refractivity contribution in [3.8, 4) is 0 Å². The number of amides is 1. The standard InChI is InChI=1S/C13H27N3O2/c1-12(2,16(3)4)10-15-11(17)13(9-14)5-7-18-8-6-13/h5-10,14H2,1-4H3,(H,15,17). The minimum Gasteiger partial charge on any atom is -0.381 e. The fourth-order valence-corrected chi connectivity index (χ4v) is 1.93. The molecule has 0 aromatic carbocycles. The molecule has 0 aromatic heterocycles. The van der Waals surface area contributed by atoms with E-state index in [1.165, 1.54) is 0 Å². The lowest BCUT2D eigenvalue weighted by atomic mass is 9.79. The van der Waals surface area contributed by atoms with Crippen LogP contribution >= 0.6 is 0 Å². The van der Waals surface area contributed by atoms with Gasteiger partial charge in [0.15, 0.2) is 0 Å². The molecule has 3 N–H and O–H groups in total. The van der Waals surface area contributed by atoms with E-state index in [9.17, 15) is 4.79 Å². The van der Waals surface area contributed by atoms with Crippen LogP contribution in [0, 0.1) is 5.41 Å². The van der Waals surface area contributed by atoms with Crippen LogP contribution in [0.4, 0.5) is 0 Å². The molecule has 1 amide bonds. The van der Waals surface area contributed by atoms with Gasteiger partial charge in [0, 0.05) is 31.8 Å². The zero-order valence-corrected chi connectivity index (χ0v) is 12.1. The summed E-state index contributed by atoms with van der Waals surface area (Å²) in [4.78, 5) is 14.5. The normalized spacial score (nSPS) is 19.9. The van der Waals surface area contributed by atoms with Crippen LogP contribution in [-0.4, -0.2) is 56.7 Å². The van der Waals surface area contributed by atoms with E-state index in [1.54, 1.807) is 0 Å². The summed E-state index contributed by atoms with van der Waals surface area (Å²) >= 11 is 0. The number of rotatable bonds is 5. The molecule has 0 atom stereocenters. The average Bonchev–Trinajstić information content (AvgIpc) is 2.36. The first-order valence-electron chi connectivity index (χ1n) is 6.58. The van der Waals surface area contributed by atoms with Crippen molar-refractivity contribution in [2.45, 2.75) is 32.2 Å². The monoisotopic (exact) mass is 257 g/mol. The minimum absolute atomic E-state index is 0.0589. The molecule has 0 aromatic rings. The van der Waals surface area contributed by atoms with Crippen molar-refractivity contribution >= 4 is 5.91 Å². The topological polar surface area (TPSA) is 67.6 Å². The second-order valence-corrected chi connectivity index (χ2v) is 5.99. The van der Waals surface area contributed by atoms with Gasteiger partial charge in [0.1, 0.15) is 0 Å². The van der Waals surface area contributed by atoms with E-state index in [-0.39, 0.29) is 11.4 Å². The molecule has 106 valence electrons. The van der Waals surface area contributed by atoms with Crippen LogP contribution in [0.15, 0.2) is 0 Å². The van der Waals surface area contributed by atoms with Gasteiger partial charge in [-0.05, 0) is 40.8 Å². The number of nitrogens with two attached hydrogens (primary N) is 1. The smallest absolute Gasteiger partial charge is 0.227 e. The maximum absolute atomic E-state index is 12.4. The zero-order valence-electron chi connectivity index (χ0n) is 12.1. The average molecular weight is 257 g/mol. The summed E-state index contributed by atoms with van der Waals surface area (Å²) in [7, 11) is 4.03. The van der Waals surface area contributed by atoms with Gasteiger partial charge >= 0.3 is 0 Å². The Hall–Kier alpha value is -0.650. The van der Waals surface area contributed by atoms with Crippen molar-refractivity contribution in [3.63, 3.8) is 0 Å². The molecular weight excluding hydrogens is 230 g/mol. The number of carbonyl (C=O) groups excluding carboxylic acids is 1. The van der Waals surface area contributed by atoms with Crippen LogP contribution in [0.2, 0.25) is 0 Å². The Labute approximate surface area is 110 Å². The van der Waals surface area contributed by atoms with E-state index in [4.69, 9.17) is 10.5 Å². The maximum Gasteiger partial charge on any atom is 0.227 e. The molecule has 1 fully saturated rings. The SMILES string of the molecule is CN(C)C(C)(C)CNC(=O)C1(CN)CCOCC1. The van der Waals surface area contributed by atoms with E-state index in [0.29, 0.717) is 26.3 Å². The maximum atomic E-state index is 12.4. The minimum atomic E-state index is -0.430. The second kappa shape index (κ2) is 5.99. The quantitative estimate of drug-likeness (QED) is 0.738. The Balaban J connectivity index is 2.58.